The van der Waals surface area contributed by atoms with Gasteiger partial charge in [-0.25, -0.2) is 4.68 Å². The number of ether oxygens (including phenoxy) is 2. The maximum Gasteiger partial charge on any atom is 0.191 e. The number of benzene rings is 2. The minimum Gasteiger partial charge on any atom is -0.493 e. The van der Waals surface area contributed by atoms with E-state index >= 15 is 0 Å². The van der Waals surface area contributed by atoms with Gasteiger partial charge in [-0.3, -0.25) is 4.99 Å². The summed E-state index contributed by atoms with van der Waals surface area (Å²) in [5.74, 6) is 2.11. The Morgan fingerprint density at radius 2 is 2.00 bits per heavy atom. The van der Waals surface area contributed by atoms with E-state index in [-0.39, 0.29) is 0 Å². The van der Waals surface area contributed by atoms with Gasteiger partial charge >= 0.3 is 0 Å². The number of nitrogens with zero attached hydrogens (tertiary/aromatic N) is 3. The van der Waals surface area contributed by atoms with Gasteiger partial charge in [-0.05, 0) is 43.2 Å². The number of aryl methyl sites for hydroxylation is 1. The molecule has 7 heteroatoms. The van der Waals surface area contributed by atoms with E-state index in [0.29, 0.717) is 25.6 Å². The molecule has 3 aromatic rings. The largest absolute Gasteiger partial charge is 0.493 e. The molecule has 1 aromatic heterocycles. The molecular formula is C25H31N5O2. The fourth-order valence-corrected chi connectivity index (χ4v) is 3.62. The van der Waals surface area contributed by atoms with Crippen molar-refractivity contribution in [2.45, 2.75) is 26.4 Å². The maximum atomic E-state index is 6.15. The molecule has 1 aliphatic rings. The molecule has 0 amide bonds. The lowest BCUT2D eigenvalue weighted by atomic mass is 10.1. The van der Waals surface area contributed by atoms with E-state index in [0.717, 1.165) is 48.3 Å². The first-order chi connectivity index (χ1) is 15.7. The Hall–Kier alpha value is -3.32. The predicted molar refractivity (Wildman–Crippen MR) is 126 cm³/mol. The van der Waals surface area contributed by atoms with E-state index in [2.05, 4.69) is 45.8 Å². The van der Waals surface area contributed by atoms with Crippen LogP contribution in [0, 0.1) is 12.8 Å². The Morgan fingerprint density at radius 3 is 2.78 bits per heavy atom. The van der Waals surface area contributed by atoms with Crippen LogP contribution >= 0.6 is 0 Å². The Balaban J connectivity index is 1.31. The van der Waals surface area contributed by atoms with E-state index < -0.39 is 0 Å². The van der Waals surface area contributed by atoms with Crippen LogP contribution in [0.3, 0.4) is 0 Å². The first kappa shape index (κ1) is 21.9. The topological polar surface area (TPSA) is 72.7 Å². The Kier molecular flexibility index (Phi) is 7.40. The third-order valence-electron chi connectivity index (χ3n) is 5.49. The third-order valence-corrected chi connectivity index (χ3v) is 5.49. The van der Waals surface area contributed by atoms with Gasteiger partial charge in [0.25, 0.3) is 0 Å². The van der Waals surface area contributed by atoms with Gasteiger partial charge in [-0.2, -0.15) is 5.10 Å². The van der Waals surface area contributed by atoms with E-state index in [1.54, 1.807) is 7.05 Å². The van der Waals surface area contributed by atoms with Crippen molar-refractivity contribution < 1.29 is 9.47 Å². The number of para-hydroxylation sites is 1. The number of hydrogen-bond acceptors (Lipinski definition) is 4. The summed E-state index contributed by atoms with van der Waals surface area (Å²) >= 11 is 0. The average molecular weight is 434 g/mol. The fraction of sp³-hybridized carbons (Fsp3) is 0.360. The van der Waals surface area contributed by atoms with Crippen molar-refractivity contribution in [1.82, 2.24) is 20.4 Å². The van der Waals surface area contributed by atoms with E-state index in [9.17, 15) is 0 Å². The van der Waals surface area contributed by atoms with Gasteiger partial charge in [0, 0.05) is 37.9 Å². The highest BCUT2D eigenvalue weighted by Crippen LogP contribution is 2.22. The monoisotopic (exact) mass is 433 g/mol. The number of nitrogens with one attached hydrogen (secondary N) is 2. The second-order valence-corrected chi connectivity index (χ2v) is 8.02. The van der Waals surface area contributed by atoms with Crippen LogP contribution in [0.5, 0.6) is 5.75 Å². The molecule has 1 aliphatic heterocycles. The molecule has 0 spiro atoms. The molecular weight excluding hydrogens is 402 g/mol. The lowest BCUT2D eigenvalue weighted by Gasteiger charge is -2.16. The number of hydrogen-bond donors (Lipinski definition) is 2. The van der Waals surface area contributed by atoms with Gasteiger partial charge in [0.1, 0.15) is 5.75 Å². The van der Waals surface area contributed by atoms with Gasteiger partial charge < -0.3 is 20.1 Å². The van der Waals surface area contributed by atoms with Gasteiger partial charge in [-0.1, -0.05) is 30.3 Å². The standard InChI is InChI=1S/C25H31N5O2/c1-19-8-9-21(24(14-19)32-18-20-11-13-31-17-20)15-27-25(26-2)28-16-22-10-12-30(29-22)23-6-4-3-5-7-23/h3-10,12,14,20H,11,13,15-18H2,1-2H3,(H2,26,27,28). The van der Waals surface area contributed by atoms with E-state index in [1.165, 1.54) is 5.56 Å². The summed E-state index contributed by atoms with van der Waals surface area (Å²) in [7, 11) is 1.77. The lowest BCUT2D eigenvalue weighted by molar-refractivity contribution is 0.166. The molecule has 2 aromatic carbocycles. The van der Waals surface area contributed by atoms with E-state index in [4.69, 9.17) is 9.47 Å². The molecule has 1 unspecified atom stereocenters. The molecule has 0 bridgehead atoms. The number of rotatable bonds is 8. The normalized spacial score (nSPS) is 16.2. The first-order valence-corrected chi connectivity index (χ1v) is 11.1. The van der Waals surface area contributed by atoms with Crippen LogP contribution in [-0.2, 0) is 17.8 Å². The molecule has 0 aliphatic carbocycles. The summed E-state index contributed by atoms with van der Waals surface area (Å²) in [6.07, 6.45) is 3.03. The van der Waals surface area contributed by atoms with Crippen molar-refractivity contribution in [1.29, 1.82) is 0 Å². The van der Waals surface area contributed by atoms with Crippen LogP contribution in [0.1, 0.15) is 23.2 Å². The number of aromatic nitrogens is 2. The molecule has 4 rings (SSSR count). The highest BCUT2D eigenvalue weighted by Gasteiger charge is 2.17. The molecule has 1 saturated heterocycles. The zero-order valence-electron chi connectivity index (χ0n) is 18.8. The van der Waals surface area contributed by atoms with Gasteiger partial charge in [0.2, 0.25) is 0 Å². The minimum atomic E-state index is 0.474. The van der Waals surface area contributed by atoms with Crippen LogP contribution in [0.25, 0.3) is 5.69 Å². The van der Waals surface area contributed by atoms with Crippen molar-refractivity contribution in [3.8, 4) is 11.4 Å². The fourth-order valence-electron chi connectivity index (χ4n) is 3.62. The second kappa shape index (κ2) is 10.8. The third kappa shape index (κ3) is 5.88. The van der Waals surface area contributed by atoms with Crippen molar-refractivity contribution in [2.24, 2.45) is 10.9 Å². The minimum absolute atomic E-state index is 0.474. The van der Waals surface area contributed by atoms with Crippen LogP contribution in [0.4, 0.5) is 0 Å². The van der Waals surface area contributed by atoms with Crippen molar-refractivity contribution >= 4 is 5.96 Å². The zero-order chi connectivity index (χ0) is 22.2. The van der Waals surface area contributed by atoms with Crippen molar-refractivity contribution in [2.75, 3.05) is 26.9 Å². The molecule has 2 N–H and O–H groups in total. The van der Waals surface area contributed by atoms with Crippen LogP contribution in [-0.4, -0.2) is 42.6 Å². The summed E-state index contributed by atoms with van der Waals surface area (Å²) < 4.78 is 13.5. The molecule has 168 valence electrons. The van der Waals surface area contributed by atoms with E-state index in [1.807, 2.05) is 47.3 Å². The highest BCUT2D eigenvalue weighted by molar-refractivity contribution is 5.79. The predicted octanol–water partition coefficient (Wildman–Crippen LogP) is 3.46. The molecule has 2 heterocycles. The summed E-state index contributed by atoms with van der Waals surface area (Å²) in [5, 5.41) is 11.3. The van der Waals surface area contributed by atoms with Crippen LogP contribution < -0.4 is 15.4 Å². The Morgan fingerprint density at radius 1 is 1.16 bits per heavy atom. The second-order valence-electron chi connectivity index (χ2n) is 8.02. The Labute approximate surface area is 189 Å². The molecule has 0 radical (unpaired) electrons. The zero-order valence-corrected chi connectivity index (χ0v) is 18.8. The molecule has 32 heavy (non-hydrogen) atoms. The average Bonchev–Trinajstić information content (AvgIpc) is 3.52. The van der Waals surface area contributed by atoms with Crippen molar-refractivity contribution in [3.05, 3.63) is 77.6 Å². The first-order valence-electron chi connectivity index (χ1n) is 11.1. The summed E-state index contributed by atoms with van der Waals surface area (Å²) in [4.78, 5) is 4.34. The number of guanidine groups is 1. The molecule has 7 nitrogen and oxygen atoms in total. The van der Waals surface area contributed by atoms with Crippen LogP contribution in [0.2, 0.25) is 0 Å². The maximum absolute atomic E-state index is 6.15. The highest BCUT2D eigenvalue weighted by atomic mass is 16.5. The SMILES string of the molecule is CN=C(NCc1ccn(-c2ccccc2)n1)NCc1ccc(C)cc1OCC1CCOC1. The smallest absolute Gasteiger partial charge is 0.191 e. The molecule has 0 saturated carbocycles. The summed E-state index contributed by atoms with van der Waals surface area (Å²) in [6, 6.07) is 18.4. The molecule has 1 fully saturated rings. The van der Waals surface area contributed by atoms with Crippen LogP contribution in [0.15, 0.2) is 65.8 Å². The summed E-state index contributed by atoms with van der Waals surface area (Å²) in [6.45, 7) is 5.59. The lowest BCUT2D eigenvalue weighted by Crippen LogP contribution is -2.36. The van der Waals surface area contributed by atoms with Gasteiger partial charge in [0.15, 0.2) is 5.96 Å². The summed E-state index contributed by atoms with van der Waals surface area (Å²) in [5.41, 5.74) is 4.26. The Bertz CT molecular complexity index is 1030. The van der Waals surface area contributed by atoms with Crippen molar-refractivity contribution in [3.63, 3.8) is 0 Å². The number of aliphatic imine (C=N–C) groups is 1. The van der Waals surface area contributed by atoms with Gasteiger partial charge in [-0.15, -0.1) is 0 Å². The molecule has 1 atom stereocenters. The quantitative estimate of drug-likeness (QED) is 0.420. The van der Waals surface area contributed by atoms with Gasteiger partial charge in [0.05, 0.1) is 31.1 Å².